The van der Waals surface area contributed by atoms with Crippen LogP contribution in [0.2, 0.25) is 0 Å². The van der Waals surface area contributed by atoms with Gasteiger partial charge >= 0.3 is 0 Å². The lowest BCUT2D eigenvalue weighted by Crippen LogP contribution is -2.18. The lowest BCUT2D eigenvalue weighted by molar-refractivity contribution is 0.407. The lowest BCUT2D eigenvalue weighted by Gasteiger charge is -2.15. The zero-order chi connectivity index (χ0) is 13.8. The van der Waals surface area contributed by atoms with Crippen molar-refractivity contribution in [1.82, 2.24) is 10.3 Å². The predicted octanol–water partition coefficient (Wildman–Crippen LogP) is 3.02. The van der Waals surface area contributed by atoms with Crippen molar-refractivity contribution in [1.29, 1.82) is 0 Å². The zero-order valence-corrected chi connectivity index (χ0v) is 12.1. The van der Waals surface area contributed by atoms with Crippen molar-refractivity contribution < 1.29 is 9.84 Å². The third-order valence-electron chi connectivity index (χ3n) is 2.93. The minimum Gasteiger partial charge on any atom is -0.508 e. The van der Waals surface area contributed by atoms with Crippen LogP contribution in [0.5, 0.6) is 11.5 Å². The summed E-state index contributed by atoms with van der Waals surface area (Å²) in [4.78, 5) is 4.40. The van der Waals surface area contributed by atoms with Crippen LogP contribution in [0, 0.1) is 6.92 Å². The molecule has 2 N–H and O–H groups in total. The largest absolute Gasteiger partial charge is 0.508 e. The van der Waals surface area contributed by atoms with Gasteiger partial charge in [-0.25, -0.2) is 4.98 Å². The zero-order valence-electron chi connectivity index (χ0n) is 11.3. The summed E-state index contributed by atoms with van der Waals surface area (Å²) in [7, 11) is 1.62. The summed E-state index contributed by atoms with van der Waals surface area (Å²) in [6.45, 7) is 4.68. The molecule has 0 radical (unpaired) electrons. The quantitative estimate of drug-likeness (QED) is 0.882. The van der Waals surface area contributed by atoms with E-state index in [1.807, 2.05) is 25.3 Å². The molecule has 2 aromatic rings. The van der Waals surface area contributed by atoms with Gasteiger partial charge < -0.3 is 15.2 Å². The summed E-state index contributed by atoms with van der Waals surface area (Å²) in [5.74, 6) is 1.02. The highest BCUT2D eigenvalue weighted by Crippen LogP contribution is 2.28. The first-order valence-electron chi connectivity index (χ1n) is 6.11. The molecule has 1 aromatic heterocycles. The molecular formula is C14H18N2O2S. The first-order valence-corrected chi connectivity index (χ1v) is 6.99. The third kappa shape index (κ3) is 3.45. The Labute approximate surface area is 117 Å². The number of methoxy groups -OCH3 is 1. The molecule has 1 atom stereocenters. The number of aryl methyl sites for hydroxylation is 1. The summed E-state index contributed by atoms with van der Waals surface area (Å²) >= 11 is 1.64. The van der Waals surface area contributed by atoms with Crippen molar-refractivity contribution >= 4 is 11.3 Å². The summed E-state index contributed by atoms with van der Waals surface area (Å²) in [6, 6.07) is 5.27. The van der Waals surface area contributed by atoms with Crippen LogP contribution in [0.1, 0.15) is 29.2 Å². The molecule has 0 aliphatic carbocycles. The highest BCUT2D eigenvalue weighted by atomic mass is 32.1. The highest BCUT2D eigenvalue weighted by molar-refractivity contribution is 7.09. The minimum atomic E-state index is 0.0271. The molecule has 1 heterocycles. The Morgan fingerprint density at radius 1 is 1.47 bits per heavy atom. The average molecular weight is 278 g/mol. The van der Waals surface area contributed by atoms with E-state index in [9.17, 15) is 5.11 Å². The van der Waals surface area contributed by atoms with Gasteiger partial charge in [0.15, 0.2) is 0 Å². The van der Waals surface area contributed by atoms with E-state index in [1.54, 1.807) is 30.6 Å². The normalized spacial score (nSPS) is 12.4. The molecule has 4 nitrogen and oxygen atoms in total. The first-order chi connectivity index (χ1) is 9.10. The number of phenolic OH excluding ortho intramolecular Hbond substituents is 1. The van der Waals surface area contributed by atoms with Crippen LogP contribution in [0.3, 0.4) is 0 Å². The number of aromatic hydroxyl groups is 1. The van der Waals surface area contributed by atoms with E-state index >= 15 is 0 Å². The van der Waals surface area contributed by atoms with E-state index in [2.05, 4.69) is 10.3 Å². The van der Waals surface area contributed by atoms with Crippen molar-refractivity contribution in [2.75, 3.05) is 7.11 Å². The molecule has 0 bridgehead atoms. The fourth-order valence-corrected chi connectivity index (χ4v) is 2.56. The van der Waals surface area contributed by atoms with E-state index in [0.29, 0.717) is 6.54 Å². The molecule has 0 aliphatic heterocycles. The SMILES string of the molecule is COc1ccc(O)c(C(C)NCc2nc(C)cs2)c1. The second-order valence-electron chi connectivity index (χ2n) is 4.41. The maximum atomic E-state index is 9.89. The molecule has 1 unspecified atom stereocenters. The van der Waals surface area contributed by atoms with E-state index in [1.165, 1.54) is 0 Å². The minimum absolute atomic E-state index is 0.0271. The van der Waals surface area contributed by atoms with Crippen LogP contribution in [0.4, 0.5) is 0 Å². The summed E-state index contributed by atoms with van der Waals surface area (Å²) < 4.78 is 5.18. The molecule has 1 aromatic carbocycles. The van der Waals surface area contributed by atoms with Crippen molar-refractivity contribution in [2.45, 2.75) is 26.4 Å². The van der Waals surface area contributed by atoms with Gasteiger partial charge in [0.05, 0.1) is 7.11 Å². The van der Waals surface area contributed by atoms with E-state index in [4.69, 9.17) is 4.74 Å². The number of phenols is 1. The summed E-state index contributed by atoms with van der Waals surface area (Å²) in [5.41, 5.74) is 1.87. The number of thiazole rings is 1. The van der Waals surface area contributed by atoms with E-state index in [-0.39, 0.29) is 11.8 Å². The highest BCUT2D eigenvalue weighted by Gasteiger charge is 2.12. The van der Waals surface area contributed by atoms with Gasteiger partial charge in [-0.1, -0.05) is 0 Å². The Balaban J connectivity index is 2.04. The topological polar surface area (TPSA) is 54.4 Å². The number of hydrogen-bond acceptors (Lipinski definition) is 5. The van der Waals surface area contributed by atoms with Gasteiger partial charge in [-0.3, -0.25) is 0 Å². The molecule has 0 amide bonds. The molecule has 19 heavy (non-hydrogen) atoms. The van der Waals surface area contributed by atoms with Gasteiger partial charge in [0, 0.05) is 29.2 Å². The second kappa shape index (κ2) is 6.04. The number of benzene rings is 1. The van der Waals surface area contributed by atoms with E-state index < -0.39 is 0 Å². The number of ether oxygens (including phenoxy) is 1. The van der Waals surface area contributed by atoms with Gasteiger partial charge in [0.25, 0.3) is 0 Å². The van der Waals surface area contributed by atoms with Gasteiger partial charge in [-0.05, 0) is 32.0 Å². The third-order valence-corrected chi connectivity index (χ3v) is 3.89. The van der Waals surface area contributed by atoms with Gasteiger partial charge in [0.1, 0.15) is 16.5 Å². The first kappa shape index (κ1) is 13.8. The Kier molecular flexibility index (Phi) is 4.39. The standard InChI is InChI=1S/C14H18N2O2S/c1-9-8-19-14(16-9)7-15-10(2)12-6-11(18-3)4-5-13(12)17/h4-6,8,10,15,17H,7H2,1-3H3. The monoisotopic (exact) mass is 278 g/mol. The van der Waals surface area contributed by atoms with Crippen LogP contribution in [-0.4, -0.2) is 17.2 Å². The van der Waals surface area contributed by atoms with Crippen LogP contribution < -0.4 is 10.1 Å². The van der Waals surface area contributed by atoms with Crippen LogP contribution in [-0.2, 0) is 6.54 Å². The summed E-state index contributed by atoms with van der Waals surface area (Å²) in [5, 5.41) is 16.3. The van der Waals surface area contributed by atoms with Gasteiger partial charge in [0.2, 0.25) is 0 Å². The molecule has 0 aliphatic rings. The van der Waals surface area contributed by atoms with Crippen molar-refractivity contribution in [3.05, 3.63) is 39.8 Å². The molecule has 0 saturated heterocycles. The fourth-order valence-electron chi connectivity index (χ4n) is 1.84. The Bertz CT molecular complexity index is 554. The smallest absolute Gasteiger partial charge is 0.120 e. The lowest BCUT2D eigenvalue weighted by atomic mass is 10.1. The molecule has 0 fully saturated rings. The number of nitrogens with one attached hydrogen (secondary N) is 1. The fraction of sp³-hybridized carbons (Fsp3) is 0.357. The van der Waals surface area contributed by atoms with Crippen molar-refractivity contribution in [2.24, 2.45) is 0 Å². The second-order valence-corrected chi connectivity index (χ2v) is 5.35. The molecule has 2 rings (SSSR count). The van der Waals surface area contributed by atoms with Gasteiger partial charge in [-0.15, -0.1) is 11.3 Å². The van der Waals surface area contributed by atoms with Crippen LogP contribution in [0.15, 0.2) is 23.6 Å². The molecule has 0 spiro atoms. The van der Waals surface area contributed by atoms with Gasteiger partial charge in [-0.2, -0.15) is 0 Å². The van der Waals surface area contributed by atoms with Crippen LogP contribution in [0.25, 0.3) is 0 Å². The maximum absolute atomic E-state index is 9.89. The number of hydrogen-bond donors (Lipinski definition) is 2. The van der Waals surface area contributed by atoms with E-state index in [0.717, 1.165) is 22.0 Å². The number of aromatic nitrogens is 1. The molecule has 5 heteroatoms. The summed E-state index contributed by atoms with van der Waals surface area (Å²) in [6.07, 6.45) is 0. The Hall–Kier alpha value is -1.59. The van der Waals surface area contributed by atoms with Crippen molar-refractivity contribution in [3.8, 4) is 11.5 Å². The predicted molar refractivity (Wildman–Crippen MR) is 76.8 cm³/mol. The Morgan fingerprint density at radius 3 is 2.89 bits per heavy atom. The van der Waals surface area contributed by atoms with Crippen molar-refractivity contribution in [3.63, 3.8) is 0 Å². The van der Waals surface area contributed by atoms with Crippen LogP contribution >= 0.6 is 11.3 Å². The molecular weight excluding hydrogens is 260 g/mol. The average Bonchev–Trinajstić information content (AvgIpc) is 2.82. The number of rotatable bonds is 5. The molecule has 0 saturated carbocycles. The number of nitrogens with zero attached hydrogens (tertiary/aromatic N) is 1. The maximum Gasteiger partial charge on any atom is 0.120 e. The molecule has 102 valence electrons. The Morgan fingerprint density at radius 2 is 2.26 bits per heavy atom.